The number of carbonyl (C=O) groups is 2. The van der Waals surface area contributed by atoms with Crippen LogP contribution in [0.3, 0.4) is 0 Å². The van der Waals surface area contributed by atoms with Crippen molar-refractivity contribution in [1.29, 1.82) is 5.41 Å². The van der Waals surface area contributed by atoms with Gasteiger partial charge in [0.25, 0.3) is 5.91 Å². The van der Waals surface area contributed by atoms with E-state index in [4.69, 9.17) is 15.9 Å². The Hall–Kier alpha value is -3.66. The first-order valence-corrected chi connectivity index (χ1v) is 12.5. The third-order valence-electron chi connectivity index (χ3n) is 6.60. The molecule has 0 radical (unpaired) electrons. The van der Waals surface area contributed by atoms with Crippen LogP contribution in [0.2, 0.25) is 0 Å². The minimum Gasteiger partial charge on any atom is -0.404 e. The molecule has 3 amide bonds. The minimum absolute atomic E-state index is 0.0233. The highest BCUT2D eigenvalue weighted by atomic mass is 16.5. The molecule has 5 N–H and O–H groups in total. The third-order valence-corrected chi connectivity index (χ3v) is 6.60. The van der Waals surface area contributed by atoms with Crippen LogP contribution in [-0.2, 0) is 4.74 Å². The van der Waals surface area contributed by atoms with Gasteiger partial charge in [0.2, 0.25) is 0 Å². The number of fused-ring (bicyclic) bond motifs is 1. The van der Waals surface area contributed by atoms with Crippen LogP contribution in [0.4, 0.5) is 10.5 Å². The Kier molecular flexibility index (Phi) is 8.04. The normalized spacial score (nSPS) is 17.4. The number of allylic oxidation sites excluding steroid dienone is 1. The molecular weight excluding hydrogens is 458 g/mol. The van der Waals surface area contributed by atoms with Gasteiger partial charge in [-0.2, -0.15) is 0 Å². The van der Waals surface area contributed by atoms with E-state index in [2.05, 4.69) is 15.6 Å². The fourth-order valence-electron chi connectivity index (χ4n) is 4.65. The highest BCUT2D eigenvalue weighted by Crippen LogP contribution is 2.29. The topological polar surface area (TPSA) is 137 Å². The number of benzene rings is 1. The summed E-state index contributed by atoms with van der Waals surface area (Å²) in [4.78, 5) is 34.4. The van der Waals surface area contributed by atoms with Crippen molar-refractivity contribution in [1.82, 2.24) is 20.1 Å². The molecule has 2 aliphatic heterocycles. The van der Waals surface area contributed by atoms with Crippen molar-refractivity contribution in [2.75, 3.05) is 44.7 Å². The molecule has 2 aliphatic rings. The predicted molar refractivity (Wildman–Crippen MR) is 141 cm³/mol. The largest absolute Gasteiger partial charge is 0.404 e. The second-order valence-electron chi connectivity index (χ2n) is 9.46. The molecule has 1 aromatic carbocycles. The van der Waals surface area contributed by atoms with E-state index in [-0.39, 0.29) is 24.0 Å². The van der Waals surface area contributed by atoms with Crippen LogP contribution in [0.15, 0.2) is 30.6 Å². The summed E-state index contributed by atoms with van der Waals surface area (Å²) in [7, 11) is 0. The number of urea groups is 1. The van der Waals surface area contributed by atoms with E-state index in [0.717, 1.165) is 16.5 Å². The van der Waals surface area contributed by atoms with Gasteiger partial charge >= 0.3 is 6.03 Å². The molecule has 0 atom stereocenters. The van der Waals surface area contributed by atoms with E-state index in [1.165, 1.54) is 12.4 Å². The molecule has 2 aromatic rings. The molecule has 0 bridgehead atoms. The van der Waals surface area contributed by atoms with Crippen LogP contribution in [0, 0.1) is 5.41 Å². The number of pyridine rings is 1. The van der Waals surface area contributed by atoms with Gasteiger partial charge in [-0.25, -0.2) is 4.79 Å². The average Bonchev–Trinajstić information content (AvgIpc) is 2.90. The van der Waals surface area contributed by atoms with Gasteiger partial charge in [-0.05, 0) is 44.4 Å². The van der Waals surface area contributed by atoms with E-state index in [9.17, 15) is 9.59 Å². The number of carbonyl (C=O) groups excluding carboxylic acids is 2. The summed E-state index contributed by atoms with van der Waals surface area (Å²) in [5.41, 5.74) is 8.97. The van der Waals surface area contributed by atoms with Gasteiger partial charge in [0.1, 0.15) is 0 Å². The lowest BCUT2D eigenvalue weighted by Gasteiger charge is -2.37. The minimum atomic E-state index is -0.197. The van der Waals surface area contributed by atoms with Crippen molar-refractivity contribution in [3.8, 4) is 0 Å². The molecule has 36 heavy (non-hydrogen) atoms. The van der Waals surface area contributed by atoms with Gasteiger partial charge in [-0.3, -0.25) is 9.78 Å². The number of nitrogens with one attached hydrogen (secondary N) is 3. The maximum atomic E-state index is 13.4. The molecule has 2 fully saturated rings. The van der Waals surface area contributed by atoms with Gasteiger partial charge in [0, 0.05) is 67.8 Å². The van der Waals surface area contributed by atoms with Gasteiger partial charge in [-0.1, -0.05) is 6.07 Å². The Labute approximate surface area is 211 Å². The van der Waals surface area contributed by atoms with Crippen molar-refractivity contribution in [3.63, 3.8) is 0 Å². The summed E-state index contributed by atoms with van der Waals surface area (Å²) < 4.78 is 5.34. The van der Waals surface area contributed by atoms with E-state index in [1.54, 1.807) is 6.20 Å². The highest BCUT2D eigenvalue weighted by Gasteiger charge is 2.28. The summed E-state index contributed by atoms with van der Waals surface area (Å²) in [5.74, 6) is -0.197. The van der Waals surface area contributed by atoms with Crippen molar-refractivity contribution in [2.24, 2.45) is 5.73 Å². The maximum absolute atomic E-state index is 13.4. The number of aromatic nitrogens is 1. The molecular formula is C26H35N7O3. The lowest BCUT2D eigenvalue weighted by Crippen LogP contribution is -2.52. The Morgan fingerprint density at radius 3 is 2.50 bits per heavy atom. The number of ether oxygens (including phenoxy) is 1. The molecule has 0 aliphatic carbocycles. The number of nitrogens with two attached hydrogens (primary N) is 1. The molecule has 2 saturated heterocycles. The van der Waals surface area contributed by atoms with Gasteiger partial charge in [0.15, 0.2) is 0 Å². The SMILES string of the molecule is CC(C)Nc1c(C(=O)NC2CCN(C(=O)N3CCOCC3)CC2)cnc2ccc(/C(C=N)=C/N)cc12. The van der Waals surface area contributed by atoms with Crippen LogP contribution < -0.4 is 16.4 Å². The van der Waals surface area contributed by atoms with E-state index in [1.807, 2.05) is 41.8 Å². The number of amides is 3. The number of nitrogens with zero attached hydrogens (tertiary/aromatic N) is 3. The Balaban J connectivity index is 1.50. The smallest absolute Gasteiger partial charge is 0.320 e. The first kappa shape index (κ1) is 25.4. The number of likely N-dealkylation sites (tertiary alicyclic amines) is 1. The van der Waals surface area contributed by atoms with Crippen LogP contribution in [0.25, 0.3) is 16.5 Å². The first-order chi connectivity index (χ1) is 17.4. The number of morpholine rings is 1. The molecule has 0 unspecified atom stereocenters. The highest BCUT2D eigenvalue weighted by molar-refractivity contribution is 6.11. The van der Waals surface area contributed by atoms with Gasteiger partial charge in [-0.15, -0.1) is 0 Å². The zero-order valence-corrected chi connectivity index (χ0v) is 20.9. The quantitative estimate of drug-likeness (QED) is 0.457. The number of hydrogen-bond acceptors (Lipinski definition) is 7. The monoisotopic (exact) mass is 493 g/mol. The maximum Gasteiger partial charge on any atom is 0.320 e. The molecule has 4 rings (SSSR count). The van der Waals surface area contributed by atoms with E-state index >= 15 is 0 Å². The molecule has 10 nitrogen and oxygen atoms in total. The number of hydrogen-bond donors (Lipinski definition) is 4. The van der Waals surface area contributed by atoms with Crippen LogP contribution in [0.5, 0.6) is 0 Å². The van der Waals surface area contributed by atoms with Gasteiger partial charge in [0.05, 0.1) is 30.0 Å². The fraction of sp³-hybridized carbons (Fsp3) is 0.462. The Bertz CT molecular complexity index is 1150. The number of piperidine rings is 1. The van der Waals surface area contributed by atoms with Crippen LogP contribution in [0.1, 0.15) is 42.6 Å². The average molecular weight is 494 g/mol. The number of rotatable bonds is 6. The molecule has 0 spiro atoms. The lowest BCUT2D eigenvalue weighted by molar-refractivity contribution is 0.0407. The van der Waals surface area contributed by atoms with Crippen molar-refractivity contribution >= 4 is 40.3 Å². The van der Waals surface area contributed by atoms with Crippen molar-refractivity contribution < 1.29 is 14.3 Å². The van der Waals surface area contributed by atoms with E-state index < -0.39 is 0 Å². The lowest BCUT2D eigenvalue weighted by atomic mass is 10.0. The molecule has 10 heteroatoms. The molecule has 1 aromatic heterocycles. The van der Waals surface area contributed by atoms with E-state index in [0.29, 0.717) is 69.1 Å². The summed E-state index contributed by atoms with van der Waals surface area (Å²) in [6.07, 6.45) is 5.60. The van der Waals surface area contributed by atoms with Crippen molar-refractivity contribution in [2.45, 2.75) is 38.8 Å². The third kappa shape index (κ3) is 5.59. The Morgan fingerprint density at radius 2 is 1.86 bits per heavy atom. The van der Waals surface area contributed by atoms with Crippen LogP contribution in [-0.4, -0.2) is 84.4 Å². The van der Waals surface area contributed by atoms with Crippen LogP contribution >= 0.6 is 0 Å². The summed E-state index contributed by atoms with van der Waals surface area (Å²) in [5, 5.41) is 15.0. The summed E-state index contributed by atoms with van der Waals surface area (Å²) in [6, 6.07) is 5.76. The zero-order chi connectivity index (χ0) is 25.7. The standard InChI is InChI=1S/C26H35N7O3/c1-17(2)30-24-21-13-18(19(14-27)15-28)3-4-23(21)29-16-22(24)25(34)31-20-5-7-32(8-6-20)26(35)33-9-11-36-12-10-33/h3-4,13-17,20,27H,5-12,28H2,1-2H3,(H,29,30)(H,31,34)/b19-15+,27-14?. The predicted octanol–water partition coefficient (Wildman–Crippen LogP) is 2.65. The first-order valence-electron chi connectivity index (χ1n) is 12.5. The second kappa shape index (κ2) is 11.4. The summed E-state index contributed by atoms with van der Waals surface area (Å²) in [6.45, 7) is 7.66. The number of anilines is 1. The van der Waals surface area contributed by atoms with Crippen molar-refractivity contribution in [3.05, 3.63) is 41.7 Å². The fourth-order valence-corrected chi connectivity index (χ4v) is 4.65. The van der Waals surface area contributed by atoms with Gasteiger partial charge < -0.3 is 36.3 Å². The molecule has 192 valence electrons. The summed E-state index contributed by atoms with van der Waals surface area (Å²) >= 11 is 0. The molecule has 0 saturated carbocycles. The Morgan fingerprint density at radius 1 is 1.17 bits per heavy atom. The second-order valence-corrected chi connectivity index (χ2v) is 9.46. The zero-order valence-electron chi connectivity index (χ0n) is 20.9. The molecule has 3 heterocycles.